The maximum atomic E-state index is 13.3. The summed E-state index contributed by atoms with van der Waals surface area (Å²) < 4.78 is 14.5. The second-order valence-electron chi connectivity index (χ2n) is 15.6. The van der Waals surface area contributed by atoms with Crippen LogP contribution in [-0.4, -0.2) is 82.1 Å². The molecule has 9 heteroatoms. The van der Waals surface area contributed by atoms with Crippen LogP contribution in [0.4, 0.5) is 10.5 Å². The number of ether oxygens (including phenoxy) is 2. The highest BCUT2D eigenvalue weighted by Crippen LogP contribution is 2.46. The second-order valence-corrected chi connectivity index (χ2v) is 15.6. The monoisotopic (exact) mass is 631 g/mol. The number of carbonyl (C=O) groups excluding carboxylic acids is 2. The van der Waals surface area contributed by atoms with Crippen molar-refractivity contribution in [2.24, 2.45) is 11.8 Å². The predicted octanol–water partition coefficient (Wildman–Crippen LogP) is 6.84. The highest BCUT2D eigenvalue weighted by molar-refractivity contribution is 5.99. The summed E-state index contributed by atoms with van der Waals surface area (Å²) in [7, 11) is 0. The summed E-state index contributed by atoms with van der Waals surface area (Å²) in [6.07, 6.45) is 16.0. The zero-order valence-electron chi connectivity index (χ0n) is 28.4. The third-order valence-electron chi connectivity index (χ3n) is 10.9. The van der Waals surface area contributed by atoms with Gasteiger partial charge in [-0.05, 0) is 116 Å². The zero-order chi connectivity index (χ0) is 32.0. The Balaban J connectivity index is 0.991. The van der Waals surface area contributed by atoms with Crippen molar-refractivity contribution in [1.29, 1.82) is 0 Å². The molecule has 7 rings (SSSR count). The molecule has 4 fully saturated rings. The van der Waals surface area contributed by atoms with Gasteiger partial charge in [0.2, 0.25) is 5.91 Å². The van der Waals surface area contributed by atoms with Gasteiger partial charge < -0.3 is 24.2 Å². The largest absolute Gasteiger partial charge is 0.489 e. The Bertz CT molecular complexity index is 1410. The normalized spacial score (nSPS) is 23.6. The van der Waals surface area contributed by atoms with E-state index in [1.165, 1.54) is 12.0 Å². The smallest absolute Gasteiger partial charge is 0.410 e. The van der Waals surface area contributed by atoms with E-state index in [4.69, 9.17) is 14.6 Å². The lowest BCUT2D eigenvalue weighted by atomic mass is 9.91. The topological polar surface area (TPSA) is 80.1 Å². The molecule has 0 unspecified atom stereocenters. The van der Waals surface area contributed by atoms with Gasteiger partial charge in [-0.1, -0.05) is 0 Å². The van der Waals surface area contributed by atoms with Crippen molar-refractivity contribution >= 4 is 17.7 Å². The van der Waals surface area contributed by atoms with Crippen LogP contribution < -0.4 is 9.64 Å². The van der Waals surface area contributed by atoms with Gasteiger partial charge in [0, 0.05) is 67.6 Å². The maximum absolute atomic E-state index is 13.3. The summed E-state index contributed by atoms with van der Waals surface area (Å²) in [6.45, 7) is 12.8. The fourth-order valence-electron chi connectivity index (χ4n) is 7.72. The molecule has 1 atom stereocenters. The van der Waals surface area contributed by atoms with Crippen LogP contribution in [0.5, 0.6) is 5.75 Å². The van der Waals surface area contributed by atoms with Gasteiger partial charge in [0.15, 0.2) is 0 Å². The van der Waals surface area contributed by atoms with Crippen molar-refractivity contribution in [3.8, 4) is 16.9 Å². The van der Waals surface area contributed by atoms with Crippen molar-refractivity contribution in [1.82, 2.24) is 19.6 Å². The molecule has 2 saturated carbocycles. The summed E-state index contributed by atoms with van der Waals surface area (Å²) in [4.78, 5) is 32.3. The number of fused-ring (bicyclic) bond motifs is 1. The SMILES string of the molecule is C[C@H]1CCc2c(ccc(-c3cnn(C4CCN(CC5CCN(C(=O)OC(C)(C)C)CC5)CC4)c3)c2OC2CCC2)N1C(=O)C1CC1. The minimum absolute atomic E-state index is 0.178. The number of aromatic nitrogens is 2. The molecule has 46 heavy (non-hydrogen) atoms. The molecule has 0 bridgehead atoms. The lowest BCUT2D eigenvalue weighted by Crippen LogP contribution is -2.45. The number of anilines is 1. The average Bonchev–Trinajstić information content (AvgIpc) is 3.75. The summed E-state index contributed by atoms with van der Waals surface area (Å²) in [5.74, 6) is 2.10. The number of carbonyl (C=O) groups is 2. The molecular formula is C37H53N5O4. The summed E-state index contributed by atoms with van der Waals surface area (Å²) in [5.41, 5.74) is 4.03. The van der Waals surface area contributed by atoms with E-state index < -0.39 is 5.60 Å². The first-order chi connectivity index (χ1) is 22.1. The van der Waals surface area contributed by atoms with Crippen LogP contribution in [0.1, 0.15) is 104 Å². The number of likely N-dealkylation sites (tertiary alicyclic amines) is 2. The Hall–Kier alpha value is -3.07. The van der Waals surface area contributed by atoms with Crippen molar-refractivity contribution in [2.75, 3.05) is 37.6 Å². The van der Waals surface area contributed by atoms with E-state index in [2.05, 4.69) is 39.7 Å². The molecule has 0 radical (unpaired) electrons. The Labute approximate surface area is 274 Å². The highest BCUT2D eigenvalue weighted by atomic mass is 16.6. The summed E-state index contributed by atoms with van der Waals surface area (Å²) >= 11 is 0. The van der Waals surface area contributed by atoms with Crippen LogP contribution >= 0.6 is 0 Å². The average molecular weight is 632 g/mol. The molecule has 0 N–H and O–H groups in total. The molecule has 1 aromatic carbocycles. The van der Waals surface area contributed by atoms with Crippen LogP contribution in [0, 0.1) is 11.8 Å². The first-order valence-corrected chi connectivity index (χ1v) is 18.0. The first kappa shape index (κ1) is 31.5. The first-order valence-electron chi connectivity index (χ1n) is 18.0. The van der Waals surface area contributed by atoms with Crippen molar-refractivity contribution in [3.05, 3.63) is 30.1 Å². The Morgan fingerprint density at radius 3 is 2.33 bits per heavy atom. The maximum Gasteiger partial charge on any atom is 0.410 e. The number of rotatable bonds is 7. The quantitative estimate of drug-likeness (QED) is 0.333. The molecule has 4 heterocycles. The molecule has 250 valence electrons. The van der Waals surface area contributed by atoms with Crippen LogP contribution in [0.3, 0.4) is 0 Å². The minimum Gasteiger partial charge on any atom is -0.489 e. The van der Waals surface area contributed by atoms with E-state index >= 15 is 0 Å². The van der Waals surface area contributed by atoms with Crippen LogP contribution in [0.15, 0.2) is 24.5 Å². The van der Waals surface area contributed by atoms with Gasteiger partial charge >= 0.3 is 6.09 Å². The van der Waals surface area contributed by atoms with E-state index in [1.807, 2.05) is 31.9 Å². The molecule has 2 saturated heterocycles. The molecule has 2 aliphatic carbocycles. The zero-order valence-corrected chi connectivity index (χ0v) is 28.4. The molecule has 3 aliphatic heterocycles. The fraction of sp³-hybridized carbons (Fsp3) is 0.703. The third-order valence-corrected chi connectivity index (χ3v) is 10.9. The molecule has 0 spiro atoms. The number of amides is 2. The van der Waals surface area contributed by atoms with E-state index in [9.17, 15) is 9.59 Å². The molecular weight excluding hydrogens is 578 g/mol. The van der Waals surface area contributed by atoms with Crippen LogP contribution in [0.2, 0.25) is 0 Å². The summed E-state index contributed by atoms with van der Waals surface area (Å²) in [5, 5.41) is 4.89. The van der Waals surface area contributed by atoms with Crippen molar-refractivity contribution < 1.29 is 19.1 Å². The molecule has 5 aliphatic rings. The van der Waals surface area contributed by atoms with Gasteiger partial charge in [0.1, 0.15) is 11.4 Å². The minimum atomic E-state index is -0.447. The van der Waals surface area contributed by atoms with Crippen LogP contribution in [-0.2, 0) is 16.0 Å². The second kappa shape index (κ2) is 12.9. The van der Waals surface area contributed by atoms with Gasteiger partial charge in [-0.25, -0.2) is 4.79 Å². The Kier molecular flexibility index (Phi) is 8.81. The lowest BCUT2D eigenvalue weighted by molar-refractivity contribution is -0.120. The van der Waals surface area contributed by atoms with Crippen molar-refractivity contribution in [2.45, 2.75) is 122 Å². The summed E-state index contributed by atoms with van der Waals surface area (Å²) in [6, 6.07) is 4.96. The van der Waals surface area contributed by atoms with Gasteiger partial charge in [-0.15, -0.1) is 0 Å². The predicted molar refractivity (Wildman–Crippen MR) is 179 cm³/mol. The third kappa shape index (κ3) is 6.80. The number of nitrogens with zero attached hydrogens (tertiary/aromatic N) is 5. The van der Waals surface area contributed by atoms with Crippen molar-refractivity contribution in [3.63, 3.8) is 0 Å². The lowest BCUT2D eigenvalue weighted by Gasteiger charge is -2.38. The van der Waals surface area contributed by atoms with Gasteiger partial charge in [-0.2, -0.15) is 5.10 Å². The molecule has 9 nitrogen and oxygen atoms in total. The molecule has 2 aromatic rings. The van der Waals surface area contributed by atoms with Crippen LogP contribution in [0.25, 0.3) is 11.1 Å². The number of piperidine rings is 2. The molecule has 2 amide bonds. The fourth-order valence-corrected chi connectivity index (χ4v) is 7.72. The number of hydrogen-bond donors (Lipinski definition) is 0. The van der Waals surface area contributed by atoms with E-state index in [-0.39, 0.29) is 24.2 Å². The van der Waals surface area contributed by atoms with E-state index in [0.29, 0.717) is 17.9 Å². The number of benzene rings is 1. The van der Waals surface area contributed by atoms with Gasteiger partial charge in [-0.3, -0.25) is 9.48 Å². The standard InChI is InChI=1S/C37H53N5O4/c1-25-8-11-32-33(42(25)35(43)27-9-10-27)13-12-31(34(32)45-30-6-5-7-30)28-22-38-41(24-28)29-16-18-39(19-17-29)23-26-14-20-40(21-15-26)36(44)46-37(2,3)4/h12-13,22,24-27,29-30H,5-11,14-21,23H2,1-4H3/t25-/m0/s1. The van der Waals surface area contributed by atoms with Gasteiger partial charge in [0.25, 0.3) is 0 Å². The Morgan fingerprint density at radius 2 is 1.67 bits per heavy atom. The number of hydrogen-bond acceptors (Lipinski definition) is 6. The molecule has 1 aromatic heterocycles. The van der Waals surface area contributed by atoms with E-state index in [0.717, 1.165) is 119 Å². The van der Waals surface area contributed by atoms with Gasteiger partial charge in [0.05, 0.1) is 24.0 Å². The van der Waals surface area contributed by atoms with E-state index in [1.54, 1.807) is 0 Å². The highest BCUT2D eigenvalue weighted by Gasteiger charge is 2.40. The Morgan fingerprint density at radius 1 is 0.935 bits per heavy atom.